The maximum atomic E-state index is 12.0. The van der Waals surface area contributed by atoms with Crippen molar-refractivity contribution in [3.8, 4) is 5.75 Å². The van der Waals surface area contributed by atoms with Gasteiger partial charge in [-0.25, -0.2) is 4.79 Å². The van der Waals surface area contributed by atoms with Crippen molar-refractivity contribution in [2.24, 2.45) is 17.8 Å². The highest BCUT2D eigenvalue weighted by Crippen LogP contribution is 2.49. The van der Waals surface area contributed by atoms with Crippen LogP contribution < -0.4 is 5.32 Å². The minimum atomic E-state index is -0.766. The van der Waals surface area contributed by atoms with E-state index in [1.54, 1.807) is 0 Å². The monoisotopic (exact) mass is 351 g/mol. The van der Waals surface area contributed by atoms with E-state index in [9.17, 15) is 14.7 Å². The van der Waals surface area contributed by atoms with Gasteiger partial charge in [0.1, 0.15) is 11.3 Å². The Bertz CT molecular complexity index is 648. The first kappa shape index (κ1) is 17.1. The number of esters is 1. The minimum Gasteiger partial charge on any atom is -0.507 e. The first-order chi connectivity index (χ1) is 11.4. The van der Waals surface area contributed by atoms with E-state index in [0.717, 1.165) is 11.8 Å². The second-order valence-electron chi connectivity index (χ2n) is 6.93. The fourth-order valence-corrected chi connectivity index (χ4v) is 4.36. The number of carbonyl (C=O) groups excluding carboxylic acids is 2. The summed E-state index contributed by atoms with van der Waals surface area (Å²) in [5.74, 6) is 0.762. The van der Waals surface area contributed by atoms with Crippen molar-refractivity contribution >= 4 is 23.5 Å². The molecule has 2 N–H and O–H groups in total. The standard InChI is InChI=1S/C18H22ClNO4/c1-10(14-7-11-2-3-12(14)6-11)20-17(22)9-24-18(23)15-8-13(19)4-5-16(15)21/h4-5,8,10-12,14,21H,2-3,6-7,9H2,1H3,(H,20,22)/t10-,11+,12+,14-/m1/s1. The molecule has 130 valence electrons. The molecule has 2 saturated carbocycles. The van der Waals surface area contributed by atoms with Crippen molar-refractivity contribution in [1.29, 1.82) is 0 Å². The summed E-state index contributed by atoms with van der Waals surface area (Å²) < 4.78 is 4.98. The van der Waals surface area contributed by atoms with Crippen LogP contribution in [-0.2, 0) is 9.53 Å². The van der Waals surface area contributed by atoms with Gasteiger partial charge in [-0.2, -0.15) is 0 Å². The molecular formula is C18H22ClNO4. The van der Waals surface area contributed by atoms with Crippen molar-refractivity contribution in [2.75, 3.05) is 6.61 Å². The molecule has 6 heteroatoms. The predicted molar refractivity (Wildman–Crippen MR) is 89.9 cm³/mol. The van der Waals surface area contributed by atoms with Gasteiger partial charge in [0.05, 0.1) is 0 Å². The van der Waals surface area contributed by atoms with Crippen molar-refractivity contribution < 1.29 is 19.4 Å². The summed E-state index contributed by atoms with van der Waals surface area (Å²) in [6.45, 7) is 1.66. The molecule has 0 aromatic heterocycles. The first-order valence-electron chi connectivity index (χ1n) is 8.39. The van der Waals surface area contributed by atoms with Gasteiger partial charge in [-0.05, 0) is 62.1 Å². The number of nitrogens with one attached hydrogen (secondary N) is 1. The average Bonchev–Trinajstić information content (AvgIpc) is 3.18. The zero-order valence-corrected chi connectivity index (χ0v) is 14.4. The molecule has 1 aromatic carbocycles. The van der Waals surface area contributed by atoms with Gasteiger partial charge < -0.3 is 15.2 Å². The van der Waals surface area contributed by atoms with Gasteiger partial charge in [0.25, 0.3) is 5.91 Å². The molecule has 3 rings (SSSR count). The number of benzene rings is 1. The van der Waals surface area contributed by atoms with Gasteiger partial charge in [-0.1, -0.05) is 18.0 Å². The maximum Gasteiger partial charge on any atom is 0.342 e. The zero-order valence-electron chi connectivity index (χ0n) is 13.6. The normalized spacial score (nSPS) is 26.2. The number of ether oxygens (including phenoxy) is 1. The number of aromatic hydroxyl groups is 1. The van der Waals surface area contributed by atoms with Crippen LogP contribution in [-0.4, -0.2) is 29.6 Å². The first-order valence-corrected chi connectivity index (χ1v) is 8.77. The summed E-state index contributed by atoms with van der Waals surface area (Å²) in [5.41, 5.74) is -0.0450. The molecule has 2 aliphatic rings. The quantitative estimate of drug-likeness (QED) is 0.799. The molecule has 1 aromatic rings. The second-order valence-corrected chi connectivity index (χ2v) is 7.37. The Morgan fingerprint density at radius 1 is 1.38 bits per heavy atom. The highest BCUT2D eigenvalue weighted by atomic mass is 35.5. The lowest BCUT2D eigenvalue weighted by Gasteiger charge is -2.28. The summed E-state index contributed by atoms with van der Waals surface area (Å²) in [6, 6.07) is 4.19. The van der Waals surface area contributed by atoms with E-state index in [-0.39, 0.29) is 29.9 Å². The van der Waals surface area contributed by atoms with Gasteiger partial charge in [0.2, 0.25) is 0 Å². The van der Waals surface area contributed by atoms with E-state index in [2.05, 4.69) is 5.32 Å². The van der Waals surface area contributed by atoms with E-state index in [1.165, 1.54) is 43.9 Å². The summed E-state index contributed by atoms with van der Waals surface area (Å²) in [7, 11) is 0. The van der Waals surface area contributed by atoms with E-state index in [1.807, 2.05) is 6.92 Å². The predicted octanol–water partition coefficient (Wildman–Crippen LogP) is 3.14. The van der Waals surface area contributed by atoms with Crippen LogP contribution in [0.4, 0.5) is 0 Å². The molecule has 1 amide bonds. The zero-order chi connectivity index (χ0) is 17.3. The Labute approximate surface area is 146 Å². The summed E-state index contributed by atoms with van der Waals surface area (Å²) in [6.07, 6.45) is 5.05. The lowest BCUT2D eigenvalue weighted by molar-refractivity contribution is -0.125. The average molecular weight is 352 g/mol. The summed E-state index contributed by atoms with van der Waals surface area (Å²) in [5, 5.41) is 12.9. The number of phenols is 1. The Kier molecular flexibility index (Phi) is 4.99. The third-order valence-corrected chi connectivity index (χ3v) is 5.57. The van der Waals surface area contributed by atoms with Gasteiger partial charge in [-0.3, -0.25) is 4.79 Å². The Morgan fingerprint density at radius 3 is 2.83 bits per heavy atom. The molecule has 4 atom stereocenters. The number of rotatable bonds is 5. The molecule has 5 nitrogen and oxygen atoms in total. The molecule has 0 radical (unpaired) electrons. The number of amides is 1. The van der Waals surface area contributed by atoms with Gasteiger partial charge in [0, 0.05) is 11.1 Å². The maximum absolute atomic E-state index is 12.0. The number of phenolic OH excluding ortho intramolecular Hbond substituents is 1. The second kappa shape index (κ2) is 7.01. The molecule has 2 bridgehead atoms. The molecule has 0 unspecified atom stereocenters. The molecule has 2 aliphatic carbocycles. The number of carbonyl (C=O) groups is 2. The molecule has 0 heterocycles. The van der Waals surface area contributed by atoms with E-state index in [0.29, 0.717) is 10.9 Å². The van der Waals surface area contributed by atoms with Crippen LogP contribution in [0.5, 0.6) is 5.75 Å². The van der Waals surface area contributed by atoms with Crippen LogP contribution in [0.25, 0.3) is 0 Å². The minimum absolute atomic E-state index is 0.0450. The molecule has 2 fully saturated rings. The highest BCUT2D eigenvalue weighted by Gasteiger charge is 2.42. The molecule has 24 heavy (non-hydrogen) atoms. The van der Waals surface area contributed by atoms with Crippen molar-refractivity contribution in [3.63, 3.8) is 0 Å². The van der Waals surface area contributed by atoms with Gasteiger partial charge in [0.15, 0.2) is 6.61 Å². The van der Waals surface area contributed by atoms with E-state index in [4.69, 9.17) is 16.3 Å². The van der Waals surface area contributed by atoms with Crippen LogP contribution >= 0.6 is 11.6 Å². The van der Waals surface area contributed by atoms with Gasteiger partial charge in [-0.15, -0.1) is 0 Å². The number of hydrogen-bond donors (Lipinski definition) is 2. The largest absolute Gasteiger partial charge is 0.507 e. The van der Waals surface area contributed by atoms with Crippen LogP contribution in [0, 0.1) is 17.8 Å². The Morgan fingerprint density at radius 2 is 2.17 bits per heavy atom. The third-order valence-electron chi connectivity index (χ3n) is 5.34. The fraction of sp³-hybridized carbons (Fsp3) is 0.556. The van der Waals surface area contributed by atoms with Crippen molar-refractivity contribution in [1.82, 2.24) is 5.32 Å². The molecule has 0 saturated heterocycles. The van der Waals surface area contributed by atoms with Crippen LogP contribution in [0.1, 0.15) is 43.0 Å². The SMILES string of the molecule is C[C@@H](NC(=O)COC(=O)c1cc(Cl)ccc1O)[C@H]1C[C@H]2CC[C@H]1C2. The third kappa shape index (κ3) is 3.66. The molecular weight excluding hydrogens is 330 g/mol. The number of hydrogen-bond acceptors (Lipinski definition) is 4. The van der Waals surface area contributed by atoms with E-state index >= 15 is 0 Å². The van der Waals surface area contributed by atoms with Gasteiger partial charge >= 0.3 is 5.97 Å². The topological polar surface area (TPSA) is 75.6 Å². The molecule has 0 spiro atoms. The lowest BCUT2D eigenvalue weighted by Crippen LogP contribution is -2.42. The lowest BCUT2D eigenvalue weighted by atomic mass is 9.84. The smallest absolute Gasteiger partial charge is 0.342 e. The Hall–Kier alpha value is -1.75. The van der Waals surface area contributed by atoms with Crippen LogP contribution in [0.3, 0.4) is 0 Å². The summed E-state index contributed by atoms with van der Waals surface area (Å²) >= 11 is 5.80. The van der Waals surface area contributed by atoms with Crippen LogP contribution in [0.15, 0.2) is 18.2 Å². The molecule has 0 aliphatic heterocycles. The Balaban J connectivity index is 1.48. The van der Waals surface area contributed by atoms with Crippen LogP contribution in [0.2, 0.25) is 5.02 Å². The summed E-state index contributed by atoms with van der Waals surface area (Å²) in [4.78, 5) is 24.0. The van der Waals surface area contributed by atoms with Crippen molar-refractivity contribution in [3.05, 3.63) is 28.8 Å². The highest BCUT2D eigenvalue weighted by molar-refractivity contribution is 6.31. The van der Waals surface area contributed by atoms with E-state index < -0.39 is 5.97 Å². The fourth-order valence-electron chi connectivity index (χ4n) is 4.19. The van der Waals surface area contributed by atoms with Crippen molar-refractivity contribution in [2.45, 2.75) is 38.6 Å². The number of halogens is 1. The number of fused-ring (bicyclic) bond motifs is 2.